The molecule has 2 nitrogen and oxygen atoms in total. The molecule has 1 heterocycles. The minimum Gasteiger partial charge on any atom is -0.316 e. The van der Waals surface area contributed by atoms with Gasteiger partial charge < -0.3 is 5.32 Å². The van der Waals surface area contributed by atoms with Crippen LogP contribution in [0.25, 0.3) is 0 Å². The molecule has 1 aromatic carbocycles. The quantitative estimate of drug-likeness (QED) is 0.870. The highest BCUT2D eigenvalue weighted by molar-refractivity contribution is 7.12. The number of anilines is 1. The summed E-state index contributed by atoms with van der Waals surface area (Å²) in [5.41, 5.74) is -0.115. The monoisotopic (exact) mass is 253 g/mol. The van der Waals surface area contributed by atoms with Gasteiger partial charge in [0.1, 0.15) is 11.5 Å². The molecule has 0 radical (unpaired) electrons. The van der Waals surface area contributed by atoms with E-state index in [1.165, 1.54) is 24.3 Å². The average Bonchev–Trinajstić information content (AvgIpc) is 2.83. The highest BCUT2D eigenvalue weighted by Crippen LogP contribution is 2.22. The van der Waals surface area contributed by atoms with Crippen molar-refractivity contribution in [3.8, 4) is 0 Å². The van der Waals surface area contributed by atoms with Gasteiger partial charge in [-0.25, -0.2) is 8.78 Å². The van der Waals surface area contributed by atoms with E-state index in [1.54, 1.807) is 17.5 Å². The standard InChI is InChI=1S/C12H9F2NOS/c1-7-4-5-8(13)11(10(7)14)15-12(16)9-3-2-6-17-9/h2-6H,1H3,(H,15,16). The van der Waals surface area contributed by atoms with Gasteiger partial charge in [0.05, 0.1) is 4.88 Å². The summed E-state index contributed by atoms with van der Waals surface area (Å²) in [4.78, 5) is 12.1. The Morgan fingerprint density at radius 1 is 1.29 bits per heavy atom. The van der Waals surface area contributed by atoms with Crippen LogP contribution in [-0.4, -0.2) is 5.91 Å². The fourth-order valence-corrected chi connectivity index (χ4v) is 1.97. The normalized spacial score (nSPS) is 10.3. The Kier molecular flexibility index (Phi) is 3.19. The molecule has 2 rings (SSSR count). The summed E-state index contributed by atoms with van der Waals surface area (Å²) in [7, 11) is 0. The third-order valence-electron chi connectivity index (χ3n) is 2.27. The van der Waals surface area contributed by atoms with Crippen LogP contribution in [0, 0.1) is 18.6 Å². The van der Waals surface area contributed by atoms with Crippen LogP contribution in [-0.2, 0) is 0 Å². The highest BCUT2D eigenvalue weighted by Gasteiger charge is 2.15. The Morgan fingerprint density at radius 2 is 2.06 bits per heavy atom. The largest absolute Gasteiger partial charge is 0.316 e. The first kappa shape index (κ1) is 11.7. The van der Waals surface area contributed by atoms with Gasteiger partial charge >= 0.3 is 0 Å². The van der Waals surface area contributed by atoms with Crippen LogP contribution in [0.2, 0.25) is 0 Å². The van der Waals surface area contributed by atoms with Gasteiger partial charge in [-0.2, -0.15) is 0 Å². The number of hydrogen-bond donors (Lipinski definition) is 1. The van der Waals surface area contributed by atoms with Crippen molar-refractivity contribution in [2.75, 3.05) is 5.32 Å². The van der Waals surface area contributed by atoms with Crippen molar-refractivity contribution in [1.29, 1.82) is 0 Å². The van der Waals surface area contributed by atoms with Gasteiger partial charge in [-0.3, -0.25) is 4.79 Å². The third kappa shape index (κ3) is 2.34. The average molecular weight is 253 g/mol. The molecule has 0 fully saturated rings. The number of hydrogen-bond acceptors (Lipinski definition) is 2. The minimum atomic E-state index is -0.780. The predicted octanol–water partition coefficient (Wildman–Crippen LogP) is 3.59. The van der Waals surface area contributed by atoms with Crippen molar-refractivity contribution in [2.45, 2.75) is 6.92 Å². The molecule has 1 N–H and O–H groups in total. The molecule has 0 aliphatic heterocycles. The third-order valence-corrected chi connectivity index (χ3v) is 3.14. The van der Waals surface area contributed by atoms with Crippen molar-refractivity contribution in [1.82, 2.24) is 0 Å². The van der Waals surface area contributed by atoms with E-state index in [2.05, 4.69) is 5.32 Å². The molecular formula is C12H9F2NOS. The maximum Gasteiger partial charge on any atom is 0.265 e. The first-order chi connectivity index (χ1) is 8.09. The van der Waals surface area contributed by atoms with Gasteiger partial charge in [0.25, 0.3) is 5.91 Å². The second kappa shape index (κ2) is 4.63. The van der Waals surface area contributed by atoms with Crippen molar-refractivity contribution in [3.63, 3.8) is 0 Å². The number of carbonyl (C=O) groups excluding carboxylic acids is 1. The molecular weight excluding hydrogens is 244 g/mol. The molecule has 1 amide bonds. The smallest absolute Gasteiger partial charge is 0.265 e. The summed E-state index contributed by atoms with van der Waals surface area (Å²) < 4.78 is 27.0. The number of amides is 1. The lowest BCUT2D eigenvalue weighted by Gasteiger charge is -2.08. The Hall–Kier alpha value is -1.75. The van der Waals surface area contributed by atoms with E-state index in [4.69, 9.17) is 0 Å². The zero-order valence-corrected chi connectivity index (χ0v) is 9.78. The Balaban J connectivity index is 2.31. The summed E-state index contributed by atoms with van der Waals surface area (Å²) in [5, 5.41) is 3.96. The SMILES string of the molecule is Cc1ccc(F)c(NC(=O)c2cccs2)c1F. The van der Waals surface area contributed by atoms with Crippen LogP contribution >= 0.6 is 11.3 Å². The summed E-state index contributed by atoms with van der Waals surface area (Å²) in [5.74, 6) is -2.03. The summed E-state index contributed by atoms with van der Waals surface area (Å²) in [6, 6.07) is 5.74. The van der Waals surface area contributed by atoms with Gasteiger partial charge in [-0.1, -0.05) is 12.1 Å². The Morgan fingerprint density at radius 3 is 2.71 bits per heavy atom. The molecule has 1 aromatic heterocycles. The molecule has 0 unspecified atom stereocenters. The maximum absolute atomic E-state index is 13.6. The topological polar surface area (TPSA) is 29.1 Å². The molecule has 0 saturated carbocycles. The lowest BCUT2D eigenvalue weighted by Crippen LogP contribution is -2.13. The predicted molar refractivity (Wildman–Crippen MR) is 63.4 cm³/mol. The first-order valence-corrected chi connectivity index (χ1v) is 5.77. The zero-order chi connectivity index (χ0) is 12.4. The molecule has 0 atom stereocenters. The number of aryl methyl sites for hydroxylation is 1. The number of halogens is 2. The van der Waals surface area contributed by atoms with Gasteiger partial charge in [0.2, 0.25) is 0 Å². The van der Waals surface area contributed by atoms with E-state index < -0.39 is 23.2 Å². The molecule has 17 heavy (non-hydrogen) atoms. The van der Waals surface area contributed by atoms with E-state index >= 15 is 0 Å². The lowest BCUT2D eigenvalue weighted by atomic mass is 10.2. The number of nitrogens with one attached hydrogen (secondary N) is 1. The number of carbonyl (C=O) groups is 1. The van der Waals surface area contributed by atoms with Gasteiger partial charge in [-0.15, -0.1) is 11.3 Å². The molecule has 0 saturated heterocycles. The van der Waals surface area contributed by atoms with Gasteiger partial charge in [0.15, 0.2) is 5.82 Å². The summed E-state index contributed by atoms with van der Waals surface area (Å²) in [6.45, 7) is 1.51. The van der Waals surface area contributed by atoms with Crippen molar-refractivity contribution >= 4 is 22.9 Å². The molecule has 0 bridgehead atoms. The minimum absolute atomic E-state index is 0.285. The second-order valence-corrected chi connectivity index (χ2v) is 4.43. The summed E-state index contributed by atoms with van der Waals surface area (Å²) >= 11 is 1.21. The molecule has 0 aliphatic rings. The first-order valence-electron chi connectivity index (χ1n) is 4.89. The van der Waals surface area contributed by atoms with Crippen LogP contribution in [0.3, 0.4) is 0 Å². The van der Waals surface area contributed by atoms with Gasteiger partial charge in [-0.05, 0) is 30.0 Å². The molecule has 0 aliphatic carbocycles. The van der Waals surface area contributed by atoms with Crippen LogP contribution < -0.4 is 5.32 Å². The van der Waals surface area contributed by atoms with E-state index in [1.807, 2.05) is 0 Å². The Bertz CT molecular complexity index is 552. The van der Waals surface area contributed by atoms with Crippen LogP contribution in [0.4, 0.5) is 14.5 Å². The second-order valence-electron chi connectivity index (χ2n) is 3.48. The van der Waals surface area contributed by atoms with E-state index in [0.29, 0.717) is 4.88 Å². The van der Waals surface area contributed by atoms with Crippen LogP contribution in [0.1, 0.15) is 15.2 Å². The molecule has 88 valence electrons. The van der Waals surface area contributed by atoms with E-state index in [9.17, 15) is 13.6 Å². The number of rotatable bonds is 2. The number of benzene rings is 1. The van der Waals surface area contributed by atoms with Crippen LogP contribution in [0.5, 0.6) is 0 Å². The molecule has 2 aromatic rings. The maximum atomic E-state index is 13.6. The molecule has 5 heteroatoms. The van der Waals surface area contributed by atoms with Crippen LogP contribution in [0.15, 0.2) is 29.6 Å². The highest BCUT2D eigenvalue weighted by atomic mass is 32.1. The fourth-order valence-electron chi connectivity index (χ4n) is 1.35. The fraction of sp³-hybridized carbons (Fsp3) is 0.0833. The van der Waals surface area contributed by atoms with E-state index in [-0.39, 0.29) is 5.56 Å². The van der Waals surface area contributed by atoms with E-state index in [0.717, 1.165) is 6.07 Å². The Labute approximate surface area is 101 Å². The van der Waals surface area contributed by atoms with Gasteiger partial charge in [0, 0.05) is 0 Å². The zero-order valence-electron chi connectivity index (χ0n) is 8.96. The van der Waals surface area contributed by atoms with Crippen molar-refractivity contribution < 1.29 is 13.6 Å². The summed E-state index contributed by atoms with van der Waals surface area (Å²) in [6.07, 6.45) is 0. The van der Waals surface area contributed by atoms with Crippen molar-refractivity contribution in [2.24, 2.45) is 0 Å². The lowest BCUT2D eigenvalue weighted by molar-refractivity contribution is 0.102. The van der Waals surface area contributed by atoms with Crippen molar-refractivity contribution in [3.05, 3.63) is 51.7 Å². The number of thiophene rings is 1. The molecule has 0 spiro atoms.